The van der Waals surface area contributed by atoms with Gasteiger partial charge in [0.2, 0.25) is 0 Å². The summed E-state index contributed by atoms with van der Waals surface area (Å²) in [6.07, 6.45) is 3.10. The Bertz CT molecular complexity index is 1380. The summed E-state index contributed by atoms with van der Waals surface area (Å²) < 4.78 is 12.8. The van der Waals surface area contributed by atoms with Gasteiger partial charge in [-0.1, -0.05) is 29.8 Å². The summed E-state index contributed by atoms with van der Waals surface area (Å²) in [6, 6.07) is 9.96. The van der Waals surface area contributed by atoms with Crippen molar-refractivity contribution in [1.82, 2.24) is 9.88 Å². The molecule has 0 bridgehead atoms. The van der Waals surface area contributed by atoms with Gasteiger partial charge in [-0.05, 0) is 121 Å². The Labute approximate surface area is 237 Å². The number of aromatic nitrogens is 1. The average Bonchev–Trinajstić information content (AvgIpc) is 3.18. The first kappa shape index (κ1) is 29.2. The van der Waals surface area contributed by atoms with Gasteiger partial charge in [0.15, 0.2) is 0 Å². The van der Waals surface area contributed by atoms with Gasteiger partial charge in [-0.2, -0.15) is 0 Å². The van der Waals surface area contributed by atoms with Crippen molar-refractivity contribution in [3.8, 4) is 0 Å². The van der Waals surface area contributed by atoms with Gasteiger partial charge in [0.1, 0.15) is 11.2 Å². The molecular formula is C32H41ClN2O4. The normalized spacial score (nSPS) is 18.3. The lowest BCUT2D eigenvalue weighted by molar-refractivity contribution is 0.00692. The molecule has 39 heavy (non-hydrogen) atoms. The van der Waals surface area contributed by atoms with Crippen LogP contribution in [-0.4, -0.2) is 40.9 Å². The Hall–Kier alpha value is -2.83. The molecule has 0 spiro atoms. The number of carbonyl (C=O) groups is 2. The van der Waals surface area contributed by atoms with Crippen LogP contribution in [-0.2, 0) is 15.9 Å². The number of hydrogen-bond donors (Lipinski definition) is 1. The van der Waals surface area contributed by atoms with Crippen LogP contribution in [0, 0.1) is 19.8 Å². The first-order valence-electron chi connectivity index (χ1n) is 13.7. The second kappa shape index (κ2) is 11.0. The minimum Gasteiger partial charge on any atom is -0.456 e. The first-order chi connectivity index (χ1) is 18.1. The average molecular weight is 553 g/mol. The van der Waals surface area contributed by atoms with Gasteiger partial charge in [0.05, 0.1) is 16.1 Å². The minimum absolute atomic E-state index is 0.272. The number of fused-ring (bicyclic) bond motifs is 1. The van der Waals surface area contributed by atoms with E-state index >= 15 is 0 Å². The molecule has 1 N–H and O–H groups in total. The van der Waals surface area contributed by atoms with Gasteiger partial charge in [-0.25, -0.2) is 9.59 Å². The van der Waals surface area contributed by atoms with E-state index in [2.05, 4.69) is 18.3 Å². The Kier molecular flexibility index (Phi) is 8.21. The SMILES string of the molecule is Cc1cc(C)c2c(c(Cl)cn2C(=O)OC(C)(C)C)c1C[C@@H]1CCNC[C@H]1c1ccc(C(=O)OC(C)(C)C)cc1. The summed E-state index contributed by atoms with van der Waals surface area (Å²) in [5.41, 5.74) is 4.74. The van der Waals surface area contributed by atoms with Gasteiger partial charge in [-0.3, -0.25) is 4.57 Å². The zero-order chi connectivity index (χ0) is 28.7. The molecule has 0 amide bonds. The zero-order valence-corrected chi connectivity index (χ0v) is 25.2. The molecule has 210 valence electrons. The van der Waals surface area contributed by atoms with E-state index in [0.717, 1.165) is 42.4 Å². The molecule has 6 nitrogen and oxygen atoms in total. The third-order valence-corrected chi connectivity index (χ3v) is 7.48. The third-order valence-electron chi connectivity index (χ3n) is 7.20. The summed E-state index contributed by atoms with van der Waals surface area (Å²) in [6.45, 7) is 17.1. The number of aryl methyl sites for hydroxylation is 2. The number of nitrogens with one attached hydrogen (secondary N) is 1. The van der Waals surface area contributed by atoms with Crippen molar-refractivity contribution in [2.45, 2.75) is 85.4 Å². The number of hydrogen-bond acceptors (Lipinski definition) is 5. The van der Waals surface area contributed by atoms with E-state index in [0.29, 0.717) is 16.5 Å². The molecule has 3 aromatic rings. The van der Waals surface area contributed by atoms with E-state index in [1.54, 1.807) is 10.8 Å². The van der Waals surface area contributed by atoms with Crippen LogP contribution in [0.3, 0.4) is 0 Å². The van der Waals surface area contributed by atoms with Crippen LogP contribution in [0.1, 0.15) is 86.5 Å². The van der Waals surface area contributed by atoms with Gasteiger partial charge in [0, 0.05) is 18.1 Å². The summed E-state index contributed by atoms with van der Waals surface area (Å²) in [7, 11) is 0. The molecule has 7 heteroatoms. The van der Waals surface area contributed by atoms with Crippen LogP contribution in [0.5, 0.6) is 0 Å². The predicted octanol–water partition coefficient (Wildman–Crippen LogP) is 7.59. The van der Waals surface area contributed by atoms with Crippen molar-refractivity contribution in [1.29, 1.82) is 0 Å². The molecule has 4 rings (SSSR count). The Morgan fingerprint density at radius 2 is 1.64 bits per heavy atom. The van der Waals surface area contributed by atoms with E-state index in [4.69, 9.17) is 21.1 Å². The number of esters is 1. The molecule has 1 aliphatic heterocycles. The highest BCUT2D eigenvalue weighted by atomic mass is 35.5. The molecule has 2 aromatic carbocycles. The van der Waals surface area contributed by atoms with Crippen LogP contribution in [0.2, 0.25) is 5.02 Å². The van der Waals surface area contributed by atoms with E-state index in [-0.39, 0.29) is 11.9 Å². The summed E-state index contributed by atoms with van der Waals surface area (Å²) >= 11 is 6.82. The monoisotopic (exact) mass is 552 g/mol. The number of nitrogens with zero attached hydrogens (tertiary/aromatic N) is 1. The maximum Gasteiger partial charge on any atom is 0.419 e. The van der Waals surface area contributed by atoms with Crippen molar-refractivity contribution in [3.63, 3.8) is 0 Å². The predicted molar refractivity (Wildman–Crippen MR) is 157 cm³/mol. The topological polar surface area (TPSA) is 69.6 Å². The van der Waals surface area contributed by atoms with E-state index < -0.39 is 17.3 Å². The van der Waals surface area contributed by atoms with Crippen LogP contribution < -0.4 is 5.32 Å². The standard InChI is InChI=1S/C32H41ClN2O4/c1-19-15-20(2)28-27(26(33)18-35(28)30(37)39-32(6,7)8)24(19)16-23-13-14-34-17-25(23)21-9-11-22(12-10-21)29(36)38-31(3,4)5/h9-12,15,18,23,25,34H,13-14,16-17H2,1-8H3/t23-,25-/m0/s1. The Morgan fingerprint density at radius 1 is 1.00 bits per heavy atom. The molecule has 1 aromatic heterocycles. The number of piperidine rings is 1. The van der Waals surface area contributed by atoms with Crippen LogP contribution >= 0.6 is 11.6 Å². The van der Waals surface area contributed by atoms with Crippen molar-refractivity contribution in [2.75, 3.05) is 13.1 Å². The summed E-state index contributed by atoms with van der Waals surface area (Å²) in [5, 5.41) is 5.04. The second-order valence-corrected chi connectivity index (χ2v) is 13.1. The fraction of sp³-hybridized carbons (Fsp3) is 0.500. The molecule has 2 atom stereocenters. The van der Waals surface area contributed by atoms with E-state index in [9.17, 15) is 9.59 Å². The lowest BCUT2D eigenvalue weighted by atomic mass is 9.77. The number of rotatable bonds is 4. The minimum atomic E-state index is -0.608. The van der Waals surface area contributed by atoms with Crippen molar-refractivity contribution in [2.24, 2.45) is 5.92 Å². The van der Waals surface area contributed by atoms with Crippen LogP contribution in [0.4, 0.5) is 4.79 Å². The highest BCUT2D eigenvalue weighted by Gasteiger charge is 2.30. The number of carbonyl (C=O) groups excluding carboxylic acids is 2. The quantitative estimate of drug-likeness (QED) is 0.338. The van der Waals surface area contributed by atoms with Crippen molar-refractivity contribution < 1.29 is 19.1 Å². The highest BCUT2D eigenvalue weighted by molar-refractivity contribution is 6.36. The molecule has 1 saturated heterocycles. The fourth-order valence-electron chi connectivity index (χ4n) is 5.56. The van der Waals surface area contributed by atoms with Crippen LogP contribution in [0.25, 0.3) is 10.9 Å². The zero-order valence-electron chi connectivity index (χ0n) is 24.4. The third kappa shape index (κ3) is 6.67. The second-order valence-electron chi connectivity index (χ2n) is 12.7. The van der Waals surface area contributed by atoms with Gasteiger partial charge >= 0.3 is 12.1 Å². The first-order valence-corrected chi connectivity index (χ1v) is 14.1. The van der Waals surface area contributed by atoms with Crippen LogP contribution in [0.15, 0.2) is 36.5 Å². The lowest BCUT2D eigenvalue weighted by Crippen LogP contribution is -2.36. The number of benzene rings is 2. The molecule has 0 unspecified atom stereocenters. The van der Waals surface area contributed by atoms with Gasteiger partial charge < -0.3 is 14.8 Å². The Balaban J connectivity index is 1.66. The molecule has 1 fully saturated rings. The Morgan fingerprint density at radius 3 is 2.26 bits per heavy atom. The highest BCUT2D eigenvalue weighted by Crippen LogP contribution is 2.39. The summed E-state index contributed by atoms with van der Waals surface area (Å²) in [5.74, 6) is 0.326. The van der Waals surface area contributed by atoms with E-state index in [1.807, 2.05) is 72.7 Å². The molecular weight excluding hydrogens is 512 g/mol. The number of ether oxygens (including phenoxy) is 2. The fourth-order valence-corrected chi connectivity index (χ4v) is 5.86. The molecule has 0 saturated carbocycles. The maximum absolute atomic E-state index is 13.1. The largest absolute Gasteiger partial charge is 0.456 e. The van der Waals surface area contributed by atoms with Gasteiger partial charge in [-0.15, -0.1) is 0 Å². The molecule has 0 radical (unpaired) electrons. The lowest BCUT2D eigenvalue weighted by Gasteiger charge is -2.33. The number of halogens is 1. The van der Waals surface area contributed by atoms with Crippen molar-refractivity contribution >= 4 is 34.6 Å². The molecule has 2 heterocycles. The maximum atomic E-state index is 13.1. The summed E-state index contributed by atoms with van der Waals surface area (Å²) in [4.78, 5) is 25.6. The smallest absolute Gasteiger partial charge is 0.419 e. The van der Waals surface area contributed by atoms with Crippen molar-refractivity contribution in [3.05, 3.63) is 69.4 Å². The molecule has 0 aliphatic carbocycles. The van der Waals surface area contributed by atoms with E-state index in [1.165, 1.54) is 16.7 Å². The van der Waals surface area contributed by atoms with Gasteiger partial charge in [0.25, 0.3) is 0 Å². The molecule has 1 aliphatic rings.